The maximum atomic E-state index is 12.5. The van der Waals surface area contributed by atoms with Crippen molar-refractivity contribution in [3.05, 3.63) is 76.2 Å². The molecule has 0 unspecified atom stereocenters. The highest BCUT2D eigenvalue weighted by atomic mass is 32.1. The van der Waals surface area contributed by atoms with Crippen LogP contribution < -0.4 is 15.0 Å². The summed E-state index contributed by atoms with van der Waals surface area (Å²) >= 11 is 1.63. The zero-order chi connectivity index (χ0) is 20.8. The number of benzene rings is 2. The van der Waals surface area contributed by atoms with Crippen LogP contribution in [-0.2, 0) is 17.6 Å². The third-order valence-electron chi connectivity index (χ3n) is 5.44. The first-order chi connectivity index (χ1) is 14.7. The van der Waals surface area contributed by atoms with Gasteiger partial charge in [-0.25, -0.2) is 4.98 Å². The van der Waals surface area contributed by atoms with E-state index in [-0.39, 0.29) is 11.9 Å². The maximum Gasteiger partial charge on any atom is 0.226 e. The van der Waals surface area contributed by atoms with E-state index in [1.807, 2.05) is 35.7 Å². The van der Waals surface area contributed by atoms with Gasteiger partial charge >= 0.3 is 0 Å². The third kappa shape index (κ3) is 5.39. The lowest BCUT2D eigenvalue weighted by atomic mass is 10.0. The fraction of sp³-hybridized carbons (Fsp3) is 0.333. The molecule has 1 aliphatic heterocycles. The lowest BCUT2D eigenvalue weighted by molar-refractivity contribution is -0.121. The molecule has 1 aliphatic rings. The number of thiazole rings is 1. The maximum absolute atomic E-state index is 12.5. The molecule has 0 aliphatic carbocycles. The molecule has 0 atom stereocenters. The van der Waals surface area contributed by atoms with E-state index in [1.165, 1.54) is 11.3 Å². The van der Waals surface area contributed by atoms with E-state index in [9.17, 15) is 4.79 Å². The number of methoxy groups -OCH3 is 1. The molecule has 0 spiro atoms. The summed E-state index contributed by atoms with van der Waals surface area (Å²) in [6.07, 6.45) is 3.07. The summed E-state index contributed by atoms with van der Waals surface area (Å²) in [7, 11) is 1.68. The van der Waals surface area contributed by atoms with Gasteiger partial charge in [-0.3, -0.25) is 4.79 Å². The van der Waals surface area contributed by atoms with Crippen LogP contribution in [0.1, 0.15) is 29.1 Å². The third-order valence-corrected chi connectivity index (χ3v) is 6.33. The molecular weight excluding hydrogens is 394 g/mol. The van der Waals surface area contributed by atoms with Crippen molar-refractivity contribution in [2.75, 3.05) is 25.1 Å². The first-order valence-corrected chi connectivity index (χ1v) is 11.2. The minimum absolute atomic E-state index is 0.0643. The Labute approximate surface area is 181 Å². The predicted molar refractivity (Wildman–Crippen MR) is 121 cm³/mol. The molecule has 0 radical (unpaired) electrons. The van der Waals surface area contributed by atoms with Gasteiger partial charge in [-0.2, -0.15) is 0 Å². The fourth-order valence-corrected chi connectivity index (χ4v) is 4.63. The Morgan fingerprint density at radius 3 is 2.57 bits per heavy atom. The van der Waals surface area contributed by atoms with E-state index in [1.54, 1.807) is 18.4 Å². The number of carbonyl (C=O) groups is 1. The normalized spacial score (nSPS) is 14.5. The molecule has 0 bridgehead atoms. The number of nitrogens with zero attached hydrogens (tertiary/aromatic N) is 2. The van der Waals surface area contributed by atoms with Gasteiger partial charge in [-0.05, 0) is 42.7 Å². The number of carbonyl (C=O) groups excluding carboxylic acids is 1. The summed E-state index contributed by atoms with van der Waals surface area (Å²) in [5.41, 5.74) is 3.31. The lowest BCUT2D eigenvalue weighted by Crippen LogP contribution is -2.45. The van der Waals surface area contributed by atoms with Crippen molar-refractivity contribution in [2.45, 2.75) is 31.7 Å². The van der Waals surface area contributed by atoms with Gasteiger partial charge in [-0.15, -0.1) is 11.3 Å². The molecule has 6 heteroatoms. The number of anilines is 1. The molecule has 30 heavy (non-hydrogen) atoms. The largest absolute Gasteiger partial charge is 0.497 e. The van der Waals surface area contributed by atoms with E-state index in [0.29, 0.717) is 6.42 Å². The molecule has 3 aromatic rings. The molecule has 4 rings (SSSR count). The van der Waals surface area contributed by atoms with Crippen LogP contribution in [-0.4, -0.2) is 37.1 Å². The van der Waals surface area contributed by atoms with Crippen molar-refractivity contribution in [3.8, 4) is 5.75 Å². The van der Waals surface area contributed by atoms with Crippen molar-refractivity contribution in [1.82, 2.24) is 10.3 Å². The van der Waals surface area contributed by atoms with E-state index < -0.39 is 0 Å². The fourth-order valence-electron chi connectivity index (χ4n) is 3.80. The summed E-state index contributed by atoms with van der Waals surface area (Å²) in [6.45, 7) is 1.88. The molecule has 1 amide bonds. The number of aromatic nitrogens is 1. The quantitative estimate of drug-likeness (QED) is 0.625. The number of hydrogen-bond donors (Lipinski definition) is 1. The highest BCUT2D eigenvalue weighted by Gasteiger charge is 2.21. The molecule has 156 valence electrons. The van der Waals surface area contributed by atoms with Crippen molar-refractivity contribution < 1.29 is 9.53 Å². The van der Waals surface area contributed by atoms with Gasteiger partial charge in [0.25, 0.3) is 0 Å². The standard InChI is InChI=1S/C24H27N3O2S/c1-29-22-9-7-21(8-10-22)27-13-11-19(12-14-27)25-23(28)16-20-17-30-24(26-20)15-18-5-3-2-4-6-18/h2-10,17,19H,11-16H2,1H3,(H,25,28). The van der Waals surface area contributed by atoms with Gasteiger partial charge < -0.3 is 15.0 Å². The molecule has 5 nitrogen and oxygen atoms in total. The van der Waals surface area contributed by atoms with Crippen molar-refractivity contribution >= 4 is 22.9 Å². The topological polar surface area (TPSA) is 54.5 Å². The van der Waals surface area contributed by atoms with E-state index in [2.05, 4.69) is 39.5 Å². The van der Waals surface area contributed by atoms with Gasteiger partial charge in [0.15, 0.2) is 0 Å². The number of ether oxygens (including phenoxy) is 1. The number of nitrogens with one attached hydrogen (secondary N) is 1. The first kappa shape index (κ1) is 20.4. The first-order valence-electron chi connectivity index (χ1n) is 10.3. The number of amides is 1. The summed E-state index contributed by atoms with van der Waals surface area (Å²) in [5, 5.41) is 6.25. The summed E-state index contributed by atoms with van der Waals surface area (Å²) in [5.74, 6) is 0.935. The smallest absolute Gasteiger partial charge is 0.226 e. The Morgan fingerprint density at radius 2 is 1.87 bits per heavy atom. The van der Waals surface area contributed by atoms with Gasteiger partial charge in [0.05, 0.1) is 24.2 Å². The van der Waals surface area contributed by atoms with Crippen molar-refractivity contribution in [3.63, 3.8) is 0 Å². The Kier molecular flexibility index (Phi) is 6.64. The zero-order valence-electron chi connectivity index (χ0n) is 17.2. The average molecular weight is 422 g/mol. The summed E-state index contributed by atoms with van der Waals surface area (Å²) in [6, 6.07) is 18.7. The number of rotatable bonds is 7. The number of piperidine rings is 1. The predicted octanol–water partition coefficient (Wildman–Crippen LogP) is 4.07. The molecule has 2 heterocycles. The SMILES string of the molecule is COc1ccc(N2CCC(NC(=O)Cc3csc(Cc4ccccc4)n3)CC2)cc1. The molecule has 2 aromatic carbocycles. The minimum atomic E-state index is 0.0643. The monoisotopic (exact) mass is 421 g/mol. The van der Waals surface area contributed by atoms with E-state index >= 15 is 0 Å². The molecule has 0 saturated carbocycles. The second-order valence-corrected chi connectivity index (χ2v) is 8.54. The van der Waals surface area contributed by atoms with Gasteiger partial charge in [0, 0.05) is 36.6 Å². The molecular formula is C24H27N3O2S. The molecule has 1 saturated heterocycles. The second kappa shape index (κ2) is 9.76. The van der Waals surface area contributed by atoms with Crippen molar-refractivity contribution in [2.24, 2.45) is 0 Å². The van der Waals surface area contributed by atoms with Crippen LogP contribution in [0.15, 0.2) is 60.0 Å². The van der Waals surface area contributed by atoms with Crippen LogP contribution in [0.25, 0.3) is 0 Å². The zero-order valence-corrected chi connectivity index (χ0v) is 18.0. The van der Waals surface area contributed by atoms with Crippen LogP contribution in [0.3, 0.4) is 0 Å². The Morgan fingerprint density at radius 1 is 1.13 bits per heavy atom. The Balaban J connectivity index is 1.23. The summed E-state index contributed by atoms with van der Waals surface area (Å²) < 4.78 is 5.23. The van der Waals surface area contributed by atoms with E-state index in [0.717, 1.165) is 48.8 Å². The Hall–Kier alpha value is -2.86. The van der Waals surface area contributed by atoms with E-state index in [4.69, 9.17) is 4.74 Å². The van der Waals surface area contributed by atoms with Crippen LogP contribution in [0.2, 0.25) is 0 Å². The number of hydrogen-bond acceptors (Lipinski definition) is 5. The highest BCUT2D eigenvalue weighted by molar-refractivity contribution is 7.09. The minimum Gasteiger partial charge on any atom is -0.497 e. The lowest BCUT2D eigenvalue weighted by Gasteiger charge is -2.34. The van der Waals surface area contributed by atoms with Crippen LogP contribution in [0, 0.1) is 0 Å². The molecule has 1 aromatic heterocycles. The second-order valence-electron chi connectivity index (χ2n) is 7.60. The van der Waals surface area contributed by atoms with Crippen molar-refractivity contribution in [1.29, 1.82) is 0 Å². The van der Waals surface area contributed by atoms with Crippen LogP contribution >= 0.6 is 11.3 Å². The molecule has 1 fully saturated rings. The van der Waals surface area contributed by atoms with Crippen LogP contribution in [0.5, 0.6) is 5.75 Å². The summed E-state index contributed by atoms with van der Waals surface area (Å²) in [4.78, 5) is 19.5. The van der Waals surface area contributed by atoms with Crippen LogP contribution in [0.4, 0.5) is 5.69 Å². The van der Waals surface area contributed by atoms with Gasteiger partial charge in [0.2, 0.25) is 5.91 Å². The average Bonchev–Trinajstić information content (AvgIpc) is 3.21. The molecule has 1 N–H and O–H groups in total. The Bertz CT molecular complexity index is 948. The van der Waals surface area contributed by atoms with Gasteiger partial charge in [-0.1, -0.05) is 30.3 Å². The van der Waals surface area contributed by atoms with Gasteiger partial charge in [0.1, 0.15) is 5.75 Å². The highest BCUT2D eigenvalue weighted by Crippen LogP contribution is 2.23.